The second-order valence-electron chi connectivity index (χ2n) is 8.33. The fraction of sp³-hybridized carbons (Fsp3) is 0.941. The standard InChI is InChI=1S/C17H30N2O2/c1-11(2)16(7-8-16)10-19-14(20)17(18)12-6-5-9-21-13(12)15(17,3)4/h11-13H,5-10,18H2,1-4H3,(H,19,20). The molecule has 0 aromatic heterocycles. The highest BCUT2D eigenvalue weighted by molar-refractivity contribution is 5.89. The molecule has 3 N–H and O–H groups in total. The van der Waals surface area contributed by atoms with Crippen molar-refractivity contribution in [1.29, 1.82) is 0 Å². The molecule has 2 aliphatic carbocycles. The number of hydrogen-bond acceptors (Lipinski definition) is 3. The van der Waals surface area contributed by atoms with E-state index in [-0.39, 0.29) is 23.3 Å². The van der Waals surface area contributed by atoms with E-state index in [0.29, 0.717) is 11.3 Å². The molecule has 0 spiro atoms. The number of carbonyl (C=O) groups is 1. The zero-order valence-corrected chi connectivity index (χ0v) is 13.9. The fourth-order valence-electron chi connectivity index (χ4n) is 4.56. The Balaban J connectivity index is 1.68. The highest BCUT2D eigenvalue weighted by Gasteiger charge is 2.70. The molecule has 0 aromatic rings. The van der Waals surface area contributed by atoms with Gasteiger partial charge >= 0.3 is 0 Å². The van der Waals surface area contributed by atoms with E-state index in [2.05, 4.69) is 33.0 Å². The molecule has 1 aliphatic heterocycles. The van der Waals surface area contributed by atoms with E-state index in [4.69, 9.17) is 10.5 Å². The van der Waals surface area contributed by atoms with Gasteiger partial charge in [-0.1, -0.05) is 27.7 Å². The predicted octanol–water partition coefficient (Wildman–Crippen LogP) is 2.07. The Bertz CT molecular complexity index is 442. The molecular formula is C17H30N2O2. The lowest BCUT2D eigenvalue weighted by atomic mass is 9.46. The summed E-state index contributed by atoms with van der Waals surface area (Å²) in [5.74, 6) is 0.827. The number of amides is 1. The third-order valence-corrected chi connectivity index (χ3v) is 6.78. The van der Waals surface area contributed by atoms with Crippen molar-refractivity contribution < 1.29 is 9.53 Å². The van der Waals surface area contributed by atoms with Gasteiger partial charge in [0.25, 0.3) is 0 Å². The highest BCUT2D eigenvalue weighted by atomic mass is 16.5. The van der Waals surface area contributed by atoms with Gasteiger partial charge in [0.05, 0.1) is 6.10 Å². The summed E-state index contributed by atoms with van der Waals surface area (Å²) in [7, 11) is 0. The van der Waals surface area contributed by atoms with Crippen LogP contribution < -0.4 is 11.1 Å². The lowest BCUT2D eigenvalue weighted by Gasteiger charge is -2.65. The Labute approximate surface area is 128 Å². The van der Waals surface area contributed by atoms with Crippen molar-refractivity contribution in [1.82, 2.24) is 5.32 Å². The number of nitrogens with two attached hydrogens (primary N) is 1. The second-order valence-corrected chi connectivity index (χ2v) is 8.33. The van der Waals surface area contributed by atoms with E-state index in [9.17, 15) is 4.79 Å². The van der Waals surface area contributed by atoms with Crippen LogP contribution in [0.1, 0.15) is 53.4 Å². The van der Waals surface area contributed by atoms with E-state index in [1.165, 1.54) is 12.8 Å². The molecule has 4 heteroatoms. The third-order valence-electron chi connectivity index (χ3n) is 6.78. The van der Waals surface area contributed by atoms with Crippen molar-refractivity contribution in [3.05, 3.63) is 0 Å². The van der Waals surface area contributed by atoms with Gasteiger partial charge in [-0.05, 0) is 37.0 Å². The molecule has 3 unspecified atom stereocenters. The quantitative estimate of drug-likeness (QED) is 0.834. The molecule has 3 fully saturated rings. The first-order valence-corrected chi connectivity index (χ1v) is 8.44. The maximum atomic E-state index is 12.8. The molecule has 4 nitrogen and oxygen atoms in total. The molecule has 0 radical (unpaired) electrons. The molecule has 1 saturated heterocycles. The van der Waals surface area contributed by atoms with Crippen LogP contribution in [0.15, 0.2) is 0 Å². The maximum absolute atomic E-state index is 12.8. The highest BCUT2D eigenvalue weighted by Crippen LogP contribution is 2.57. The molecule has 1 heterocycles. The van der Waals surface area contributed by atoms with Crippen LogP contribution in [0.4, 0.5) is 0 Å². The normalized spacial score (nSPS) is 39.3. The van der Waals surface area contributed by atoms with Gasteiger partial charge in [-0.15, -0.1) is 0 Å². The number of nitrogens with one attached hydrogen (secondary N) is 1. The van der Waals surface area contributed by atoms with Gasteiger partial charge in [0.1, 0.15) is 5.54 Å². The summed E-state index contributed by atoms with van der Waals surface area (Å²) in [6, 6.07) is 0. The van der Waals surface area contributed by atoms with Crippen molar-refractivity contribution in [3.63, 3.8) is 0 Å². The number of ether oxygens (including phenoxy) is 1. The molecule has 1 amide bonds. The van der Waals surface area contributed by atoms with Gasteiger partial charge in [0.15, 0.2) is 0 Å². The van der Waals surface area contributed by atoms with Crippen molar-refractivity contribution >= 4 is 5.91 Å². The Morgan fingerprint density at radius 1 is 1.38 bits per heavy atom. The summed E-state index contributed by atoms with van der Waals surface area (Å²) < 4.78 is 5.87. The van der Waals surface area contributed by atoms with Crippen LogP contribution in [-0.4, -0.2) is 30.7 Å². The van der Waals surface area contributed by atoms with Crippen LogP contribution in [0.5, 0.6) is 0 Å². The summed E-state index contributed by atoms with van der Waals surface area (Å²) in [6.45, 7) is 10.2. The zero-order valence-electron chi connectivity index (χ0n) is 13.9. The topological polar surface area (TPSA) is 64.4 Å². The van der Waals surface area contributed by atoms with Gasteiger partial charge in [0.2, 0.25) is 5.91 Å². The number of rotatable bonds is 4. The van der Waals surface area contributed by atoms with Crippen molar-refractivity contribution in [2.45, 2.75) is 65.0 Å². The van der Waals surface area contributed by atoms with E-state index in [0.717, 1.165) is 26.0 Å². The van der Waals surface area contributed by atoms with Crippen molar-refractivity contribution in [3.8, 4) is 0 Å². The molecule has 2 saturated carbocycles. The minimum Gasteiger partial charge on any atom is -0.377 e. The lowest BCUT2D eigenvalue weighted by Crippen LogP contribution is -2.82. The summed E-state index contributed by atoms with van der Waals surface area (Å²) in [5, 5.41) is 3.18. The average molecular weight is 294 g/mol. The summed E-state index contributed by atoms with van der Waals surface area (Å²) in [6.07, 6.45) is 4.61. The molecule has 21 heavy (non-hydrogen) atoms. The largest absolute Gasteiger partial charge is 0.377 e. The van der Waals surface area contributed by atoms with Gasteiger partial charge < -0.3 is 15.8 Å². The minimum atomic E-state index is -0.773. The van der Waals surface area contributed by atoms with Gasteiger partial charge in [0, 0.05) is 24.5 Å². The monoisotopic (exact) mass is 294 g/mol. The van der Waals surface area contributed by atoms with Gasteiger partial charge in [-0.3, -0.25) is 4.79 Å². The van der Waals surface area contributed by atoms with Crippen LogP contribution in [0.25, 0.3) is 0 Å². The van der Waals surface area contributed by atoms with Gasteiger partial charge in [-0.25, -0.2) is 0 Å². The first-order valence-electron chi connectivity index (χ1n) is 8.44. The number of carbonyl (C=O) groups excluding carboxylic acids is 1. The Morgan fingerprint density at radius 2 is 2.05 bits per heavy atom. The molecular weight excluding hydrogens is 264 g/mol. The van der Waals surface area contributed by atoms with Gasteiger partial charge in [-0.2, -0.15) is 0 Å². The Kier molecular flexibility index (Phi) is 3.42. The number of hydrogen-bond donors (Lipinski definition) is 2. The van der Waals surface area contributed by atoms with Crippen LogP contribution in [0.3, 0.4) is 0 Å². The van der Waals surface area contributed by atoms with E-state index in [1.807, 2.05) is 0 Å². The molecule has 3 aliphatic rings. The smallest absolute Gasteiger partial charge is 0.241 e. The van der Waals surface area contributed by atoms with Crippen LogP contribution in [0.2, 0.25) is 0 Å². The SMILES string of the molecule is CC(C)C1(CNC(=O)C2(N)C3CCCOC3C2(C)C)CC1. The molecule has 0 aromatic carbocycles. The van der Waals surface area contributed by atoms with E-state index < -0.39 is 5.54 Å². The molecule has 3 rings (SSSR count). The maximum Gasteiger partial charge on any atom is 0.241 e. The lowest BCUT2D eigenvalue weighted by molar-refractivity contribution is -0.225. The Morgan fingerprint density at radius 3 is 2.62 bits per heavy atom. The summed E-state index contributed by atoms with van der Waals surface area (Å²) in [5.41, 5.74) is 5.88. The van der Waals surface area contributed by atoms with E-state index >= 15 is 0 Å². The van der Waals surface area contributed by atoms with Crippen LogP contribution >= 0.6 is 0 Å². The minimum absolute atomic E-state index is 0.0335. The average Bonchev–Trinajstić information content (AvgIpc) is 3.25. The molecule has 120 valence electrons. The molecule has 0 bridgehead atoms. The second kappa shape index (κ2) is 4.69. The first kappa shape index (κ1) is 15.3. The summed E-state index contributed by atoms with van der Waals surface area (Å²) in [4.78, 5) is 12.8. The van der Waals surface area contributed by atoms with E-state index in [1.54, 1.807) is 0 Å². The zero-order chi connectivity index (χ0) is 15.5. The van der Waals surface area contributed by atoms with Crippen LogP contribution in [0, 0.1) is 22.7 Å². The first-order chi connectivity index (χ1) is 9.76. The molecule has 3 atom stereocenters. The van der Waals surface area contributed by atoms with Crippen LogP contribution in [-0.2, 0) is 9.53 Å². The van der Waals surface area contributed by atoms with Crippen molar-refractivity contribution in [2.24, 2.45) is 28.4 Å². The third kappa shape index (κ3) is 1.98. The summed E-state index contributed by atoms with van der Waals surface area (Å²) >= 11 is 0. The Hall–Kier alpha value is -0.610. The van der Waals surface area contributed by atoms with Crippen molar-refractivity contribution in [2.75, 3.05) is 13.2 Å². The fourth-order valence-corrected chi connectivity index (χ4v) is 4.56. The predicted molar refractivity (Wildman–Crippen MR) is 82.7 cm³/mol. The number of fused-ring (bicyclic) bond motifs is 1.